The molecule has 2 aromatic rings. The molecular formula is C15H14ClFN2OS. The van der Waals surface area contributed by atoms with Crippen LogP contribution in [0.2, 0.25) is 5.02 Å². The van der Waals surface area contributed by atoms with Gasteiger partial charge in [0.05, 0.1) is 18.0 Å². The SMILES string of the molecule is O=C(CSCc1c(F)cccc1Cl)NCc1ccccn1. The van der Waals surface area contributed by atoms with Crippen molar-refractivity contribution in [2.45, 2.75) is 12.3 Å². The summed E-state index contributed by atoms with van der Waals surface area (Å²) < 4.78 is 13.5. The number of hydrogen-bond donors (Lipinski definition) is 1. The lowest BCUT2D eigenvalue weighted by molar-refractivity contribution is -0.118. The zero-order valence-electron chi connectivity index (χ0n) is 11.2. The van der Waals surface area contributed by atoms with Crippen LogP contribution in [0.5, 0.6) is 0 Å². The van der Waals surface area contributed by atoms with E-state index in [1.54, 1.807) is 18.3 Å². The van der Waals surface area contributed by atoms with Crippen LogP contribution in [0.15, 0.2) is 42.6 Å². The summed E-state index contributed by atoms with van der Waals surface area (Å²) in [6.07, 6.45) is 1.68. The molecule has 2 rings (SSSR count). The van der Waals surface area contributed by atoms with E-state index >= 15 is 0 Å². The Hall–Kier alpha value is -1.59. The van der Waals surface area contributed by atoms with E-state index in [9.17, 15) is 9.18 Å². The lowest BCUT2D eigenvalue weighted by Crippen LogP contribution is -2.25. The molecule has 0 bridgehead atoms. The molecule has 110 valence electrons. The summed E-state index contributed by atoms with van der Waals surface area (Å²) in [7, 11) is 0. The van der Waals surface area contributed by atoms with Crippen molar-refractivity contribution in [1.82, 2.24) is 10.3 Å². The van der Waals surface area contributed by atoms with E-state index in [2.05, 4.69) is 10.3 Å². The molecule has 1 aromatic heterocycles. The van der Waals surface area contributed by atoms with E-state index in [1.807, 2.05) is 18.2 Å². The first-order chi connectivity index (χ1) is 10.2. The topological polar surface area (TPSA) is 42.0 Å². The molecule has 1 N–H and O–H groups in total. The maximum atomic E-state index is 13.5. The van der Waals surface area contributed by atoms with Crippen molar-refractivity contribution in [3.63, 3.8) is 0 Å². The van der Waals surface area contributed by atoms with Gasteiger partial charge in [-0.1, -0.05) is 23.7 Å². The number of pyridine rings is 1. The van der Waals surface area contributed by atoms with E-state index in [4.69, 9.17) is 11.6 Å². The van der Waals surface area contributed by atoms with Gasteiger partial charge in [-0.05, 0) is 24.3 Å². The third-order valence-corrected chi connectivity index (χ3v) is 4.05. The third-order valence-electron chi connectivity index (χ3n) is 2.73. The Kier molecular flexibility index (Phi) is 6.02. The van der Waals surface area contributed by atoms with Gasteiger partial charge in [0.25, 0.3) is 0 Å². The molecule has 0 radical (unpaired) electrons. The fraction of sp³-hybridized carbons (Fsp3) is 0.200. The lowest BCUT2D eigenvalue weighted by Gasteiger charge is -2.06. The average Bonchev–Trinajstić information content (AvgIpc) is 2.49. The highest BCUT2D eigenvalue weighted by atomic mass is 35.5. The van der Waals surface area contributed by atoms with Crippen LogP contribution in [0.3, 0.4) is 0 Å². The maximum Gasteiger partial charge on any atom is 0.230 e. The minimum Gasteiger partial charge on any atom is -0.350 e. The van der Waals surface area contributed by atoms with Crippen LogP contribution in [-0.4, -0.2) is 16.6 Å². The Labute approximate surface area is 131 Å². The summed E-state index contributed by atoms with van der Waals surface area (Å²) in [5.41, 5.74) is 1.23. The predicted octanol–water partition coefficient (Wildman–Crippen LogP) is 3.42. The van der Waals surface area contributed by atoms with Gasteiger partial charge in [-0.25, -0.2) is 4.39 Å². The molecule has 0 fully saturated rings. The molecule has 1 amide bonds. The summed E-state index contributed by atoms with van der Waals surface area (Å²) in [6, 6.07) is 10.1. The minimum absolute atomic E-state index is 0.113. The summed E-state index contributed by atoms with van der Waals surface area (Å²) in [5.74, 6) is 0.155. The molecule has 0 aliphatic carbocycles. The number of halogens is 2. The Morgan fingerprint density at radius 2 is 2.14 bits per heavy atom. The summed E-state index contributed by atoms with van der Waals surface area (Å²) >= 11 is 7.24. The Balaban J connectivity index is 1.75. The number of amides is 1. The number of thioether (sulfide) groups is 1. The minimum atomic E-state index is -0.344. The monoisotopic (exact) mass is 324 g/mol. The Bertz CT molecular complexity index is 590. The van der Waals surface area contributed by atoms with Crippen LogP contribution in [0.1, 0.15) is 11.3 Å². The maximum absolute atomic E-state index is 13.5. The molecule has 0 spiro atoms. The summed E-state index contributed by atoms with van der Waals surface area (Å²) in [6.45, 7) is 0.390. The zero-order valence-corrected chi connectivity index (χ0v) is 12.8. The normalized spacial score (nSPS) is 10.4. The van der Waals surface area contributed by atoms with Crippen molar-refractivity contribution < 1.29 is 9.18 Å². The van der Waals surface area contributed by atoms with Crippen molar-refractivity contribution in [3.05, 3.63) is 64.7 Å². The first kappa shape index (κ1) is 15.8. The fourth-order valence-electron chi connectivity index (χ4n) is 1.66. The quantitative estimate of drug-likeness (QED) is 0.885. The molecule has 6 heteroatoms. The number of hydrogen-bond acceptors (Lipinski definition) is 3. The van der Waals surface area contributed by atoms with Gasteiger partial charge < -0.3 is 5.32 Å². The molecule has 3 nitrogen and oxygen atoms in total. The second-order valence-corrected chi connectivity index (χ2v) is 5.68. The van der Waals surface area contributed by atoms with Crippen molar-refractivity contribution >= 4 is 29.3 Å². The Morgan fingerprint density at radius 1 is 1.29 bits per heavy atom. The molecule has 21 heavy (non-hydrogen) atoms. The molecule has 0 atom stereocenters. The largest absolute Gasteiger partial charge is 0.350 e. The van der Waals surface area contributed by atoms with Gasteiger partial charge >= 0.3 is 0 Å². The number of aromatic nitrogens is 1. The first-order valence-electron chi connectivity index (χ1n) is 6.34. The van der Waals surface area contributed by atoms with Gasteiger partial charge in [-0.2, -0.15) is 0 Å². The molecule has 0 saturated heterocycles. The van der Waals surface area contributed by atoms with Gasteiger partial charge in [0.2, 0.25) is 5.91 Å². The molecule has 1 heterocycles. The molecule has 1 aromatic carbocycles. The second-order valence-electron chi connectivity index (χ2n) is 4.29. The van der Waals surface area contributed by atoms with E-state index in [1.165, 1.54) is 17.8 Å². The molecular weight excluding hydrogens is 311 g/mol. The van der Waals surface area contributed by atoms with Crippen LogP contribution < -0.4 is 5.32 Å². The number of carbonyl (C=O) groups is 1. The van der Waals surface area contributed by atoms with Crippen LogP contribution in [-0.2, 0) is 17.1 Å². The highest BCUT2D eigenvalue weighted by Gasteiger charge is 2.08. The fourth-order valence-corrected chi connectivity index (χ4v) is 2.85. The number of benzene rings is 1. The van der Waals surface area contributed by atoms with Gasteiger partial charge in [0, 0.05) is 22.5 Å². The zero-order chi connectivity index (χ0) is 15.1. The van der Waals surface area contributed by atoms with Gasteiger partial charge in [0.15, 0.2) is 0 Å². The summed E-state index contributed by atoms with van der Waals surface area (Å²) in [5, 5.41) is 3.15. The molecule has 0 aliphatic rings. The van der Waals surface area contributed by atoms with Crippen LogP contribution in [0, 0.1) is 5.82 Å². The highest BCUT2D eigenvalue weighted by molar-refractivity contribution is 7.99. The molecule has 0 saturated carbocycles. The number of nitrogens with one attached hydrogen (secondary N) is 1. The van der Waals surface area contributed by atoms with Crippen molar-refractivity contribution in [2.75, 3.05) is 5.75 Å². The van der Waals surface area contributed by atoms with Gasteiger partial charge in [0.1, 0.15) is 5.82 Å². The van der Waals surface area contributed by atoms with E-state index in [-0.39, 0.29) is 17.5 Å². The highest BCUT2D eigenvalue weighted by Crippen LogP contribution is 2.23. The van der Waals surface area contributed by atoms with E-state index in [0.717, 1.165) is 5.69 Å². The number of rotatable bonds is 6. The molecule has 0 unspecified atom stereocenters. The molecule has 0 aliphatic heterocycles. The average molecular weight is 325 g/mol. The van der Waals surface area contributed by atoms with E-state index in [0.29, 0.717) is 22.9 Å². The smallest absolute Gasteiger partial charge is 0.230 e. The first-order valence-corrected chi connectivity index (χ1v) is 7.87. The van der Waals surface area contributed by atoms with Crippen molar-refractivity contribution in [1.29, 1.82) is 0 Å². The van der Waals surface area contributed by atoms with Gasteiger partial charge in [-0.15, -0.1) is 11.8 Å². The van der Waals surface area contributed by atoms with E-state index < -0.39 is 0 Å². The van der Waals surface area contributed by atoms with Crippen molar-refractivity contribution in [3.8, 4) is 0 Å². The number of nitrogens with zero attached hydrogens (tertiary/aromatic N) is 1. The second kappa shape index (κ2) is 8.00. The summed E-state index contributed by atoms with van der Waals surface area (Å²) in [4.78, 5) is 15.8. The van der Waals surface area contributed by atoms with Crippen molar-refractivity contribution in [2.24, 2.45) is 0 Å². The third kappa shape index (κ3) is 5.02. The number of carbonyl (C=O) groups excluding carboxylic acids is 1. The van der Waals surface area contributed by atoms with Crippen LogP contribution in [0.4, 0.5) is 4.39 Å². The van der Waals surface area contributed by atoms with Crippen LogP contribution in [0.25, 0.3) is 0 Å². The lowest BCUT2D eigenvalue weighted by atomic mass is 10.2. The predicted molar refractivity (Wildman–Crippen MR) is 83.7 cm³/mol. The van der Waals surface area contributed by atoms with Gasteiger partial charge in [-0.3, -0.25) is 9.78 Å². The van der Waals surface area contributed by atoms with Crippen LogP contribution >= 0.6 is 23.4 Å². The Morgan fingerprint density at radius 3 is 2.86 bits per heavy atom. The standard InChI is InChI=1S/C15H14ClFN2OS/c16-13-5-3-6-14(17)12(13)9-21-10-15(20)19-8-11-4-1-2-7-18-11/h1-7H,8-10H2,(H,19,20).